The number of piperidine rings is 1. The van der Waals surface area contributed by atoms with E-state index in [9.17, 15) is 9.59 Å². The van der Waals surface area contributed by atoms with Gasteiger partial charge in [0.1, 0.15) is 0 Å². The van der Waals surface area contributed by atoms with E-state index in [1.54, 1.807) is 7.05 Å². The Bertz CT molecular complexity index is 316. The molecule has 0 N–H and O–H groups in total. The van der Waals surface area contributed by atoms with Gasteiger partial charge in [-0.05, 0) is 33.4 Å². The molecule has 0 bridgehead atoms. The molecule has 0 aromatic rings. The average Bonchev–Trinajstić information content (AvgIpc) is 2.39. The molecule has 2 aliphatic rings. The third-order valence-corrected chi connectivity index (χ3v) is 4.00. The molecule has 0 radical (unpaired) electrons. The Morgan fingerprint density at radius 1 is 1.33 bits per heavy atom. The van der Waals surface area contributed by atoms with E-state index in [-0.39, 0.29) is 17.2 Å². The van der Waals surface area contributed by atoms with Gasteiger partial charge in [-0.15, -0.1) is 0 Å². The number of carbonyl (C=O) groups excluding carboxylic acids is 2. The minimum Gasteiger partial charge on any atom is -0.304 e. The van der Waals surface area contributed by atoms with Crippen LogP contribution in [-0.2, 0) is 9.59 Å². The number of imide groups is 1. The maximum absolute atomic E-state index is 12.0. The average molecular weight is 210 g/mol. The normalized spacial score (nSPS) is 38.1. The number of likely N-dealkylation sites (tertiary alicyclic amines) is 2. The van der Waals surface area contributed by atoms with Gasteiger partial charge in [-0.3, -0.25) is 14.5 Å². The second-order valence-corrected chi connectivity index (χ2v) is 5.00. The lowest BCUT2D eigenvalue weighted by Gasteiger charge is -2.40. The highest BCUT2D eigenvalue weighted by Crippen LogP contribution is 2.43. The van der Waals surface area contributed by atoms with Crippen LogP contribution in [0.5, 0.6) is 0 Å². The van der Waals surface area contributed by atoms with E-state index in [2.05, 4.69) is 18.9 Å². The molecule has 2 fully saturated rings. The predicted molar refractivity (Wildman–Crippen MR) is 56.2 cm³/mol. The van der Waals surface area contributed by atoms with Gasteiger partial charge in [-0.1, -0.05) is 0 Å². The fourth-order valence-corrected chi connectivity index (χ4v) is 2.74. The van der Waals surface area contributed by atoms with Crippen molar-refractivity contribution in [2.45, 2.75) is 32.2 Å². The van der Waals surface area contributed by atoms with Crippen molar-refractivity contribution in [2.24, 2.45) is 5.41 Å². The van der Waals surface area contributed by atoms with E-state index >= 15 is 0 Å². The molecular weight excluding hydrogens is 192 g/mol. The molecule has 2 rings (SSSR count). The molecule has 84 valence electrons. The Labute approximate surface area is 90.2 Å². The van der Waals surface area contributed by atoms with E-state index in [0.717, 1.165) is 19.4 Å². The first-order valence-corrected chi connectivity index (χ1v) is 5.47. The topological polar surface area (TPSA) is 40.6 Å². The largest absolute Gasteiger partial charge is 0.304 e. The van der Waals surface area contributed by atoms with E-state index in [1.807, 2.05) is 0 Å². The molecule has 4 nitrogen and oxygen atoms in total. The molecule has 2 aliphatic heterocycles. The second-order valence-electron chi connectivity index (χ2n) is 5.00. The van der Waals surface area contributed by atoms with Crippen LogP contribution >= 0.6 is 0 Å². The lowest BCUT2D eigenvalue weighted by atomic mass is 9.74. The summed E-state index contributed by atoms with van der Waals surface area (Å²) in [4.78, 5) is 27.1. The van der Waals surface area contributed by atoms with Crippen molar-refractivity contribution in [1.29, 1.82) is 0 Å². The molecule has 2 saturated heterocycles. The van der Waals surface area contributed by atoms with Crippen molar-refractivity contribution in [2.75, 3.05) is 20.6 Å². The van der Waals surface area contributed by atoms with Crippen LogP contribution in [0.1, 0.15) is 26.2 Å². The van der Waals surface area contributed by atoms with Crippen LogP contribution < -0.4 is 0 Å². The van der Waals surface area contributed by atoms with Gasteiger partial charge in [0.15, 0.2) is 0 Å². The van der Waals surface area contributed by atoms with Gasteiger partial charge in [0.05, 0.1) is 5.41 Å². The number of amides is 2. The zero-order chi connectivity index (χ0) is 11.2. The minimum atomic E-state index is -0.377. The van der Waals surface area contributed by atoms with Gasteiger partial charge in [-0.25, -0.2) is 0 Å². The molecule has 0 aliphatic carbocycles. The lowest BCUT2D eigenvalue weighted by Crippen LogP contribution is -2.47. The van der Waals surface area contributed by atoms with Crippen LogP contribution in [0.25, 0.3) is 0 Å². The molecule has 2 atom stereocenters. The standard InChI is InChI=1S/C11H18N2O2/c1-8-6-11(4-5-12(8)2)7-9(14)13(3)10(11)15/h8H,4-7H2,1-3H3. The van der Waals surface area contributed by atoms with Crippen LogP contribution in [0.3, 0.4) is 0 Å². The SMILES string of the molecule is CC1CC2(CCN1C)CC(=O)N(C)C2=O. The summed E-state index contributed by atoms with van der Waals surface area (Å²) in [6.07, 6.45) is 2.06. The quantitative estimate of drug-likeness (QED) is 0.546. The van der Waals surface area contributed by atoms with Gasteiger partial charge in [0, 0.05) is 19.5 Å². The van der Waals surface area contributed by atoms with Gasteiger partial charge in [0.2, 0.25) is 11.8 Å². The predicted octanol–water partition coefficient (Wildman–Crippen LogP) is 0.476. The molecule has 4 heteroatoms. The summed E-state index contributed by atoms with van der Waals surface area (Å²) in [5, 5.41) is 0. The number of hydrogen-bond acceptors (Lipinski definition) is 3. The van der Waals surface area contributed by atoms with Crippen molar-refractivity contribution in [3.8, 4) is 0 Å². The van der Waals surface area contributed by atoms with E-state index in [0.29, 0.717) is 12.5 Å². The van der Waals surface area contributed by atoms with Crippen LogP contribution in [0.2, 0.25) is 0 Å². The van der Waals surface area contributed by atoms with Crippen molar-refractivity contribution < 1.29 is 9.59 Å². The third kappa shape index (κ3) is 1.47. The highest BCUT2D eigenvalue weighted by atomic mass is 16.2. The zero-order valence-electron chi connectivity index (χ0n) is 9.62. The molecule has 0 saturated carbocycles. The smallest absolute Gasteiger partial charge is 0.235 e. The molecule has 2 heterocycles. The Morgan fingerprint density at radius 3 is 2.47 bits per heavy atom. The lowest BCUT2D eigenvalue weighted by molar-refractivity contribution is -0.141. The van der Waals surface area contributed by atoms with Crippen molar-refractivity contribution >= 4 is 11.8 Å². The van der Waals surface area contributed by atoms with E-state index in [1.165, 1.54) is 4.90 Å². The van der Waals surface area contributed by atoms with Crippen LogP contribution in [-0.4, -0.2) is 48.3 Å². The summed E-state index contributed by atoms with van der Waals surface area (Å²) in [6.45, 7) is 3.03. The highest BCUT2D eigenvalue weighted by Gasteiger charge is 2.52. The molecular formula is C11H18N2O2. The summed E-state index contributed by atoms with van der Waals surface area (Å²) in [5.41, 5.74) is -0.377. The Balaban J connectivity index is 2.22. The first kappa shape index (κ1) is 10.6. The van der Waals surface area contributed by atoms with Crippen molar-refractivity contribution in [3.05, 3.63) is 0 Å². The van der Waals surface area contributed by atoms with Gasteiger partial charge in [0.25, 0.3) is 0 Å². The summed E-state index contributed by atoms with van der Waals surface area (Å²) in [5.74, 6) is 0.0178. The number of hydrogen-bond donors (Lipinski definition) is 0. The zero-order valence-corrected chi connectivity index (χ0v) is 9.62. The minimum absolute atomic E-state index is 0.0169. The van der Waals surface area contributed by atoms with Crippen molar-refractivity contribution in [1.82, 2.24) is 9.80 Å². The summed E-state index contributed by atoms with van der Waals surface area (Å²) >= 11 is 0. The Kier molecular flexibility index (Phi) is 2.34. The molecule has 0 aromatic carbocycles. The fraction of sp³-hybridized carbons (Fsp3) is 0.818. The van der Waals surface area contributed by atoms with Gasteiger partial charge < -0.3 is 4.90 Å². The number of nitrogens with zero attached hydrogens (tertiary/aromatic N) is 2. The first-order chi connectivity index (χ1) is 6.96. The molecule has 2 unspecified atom stereocenters. The summed E-state index contributed by atoms with van der Waals surface area (Å²) in [7, 11) is 3.67. The maximum Gasteiger partial charge on any atom is 0.235 e. The van der Waals surface area contributed by atoms with E-state index in [4.69, 9.17) is 0 Å². The molecule has 15 heavy (non-hydrogen) atoms. The Morgan fingerprint density at radius 2 is 2.00 bits per heavy atom. The van der Waals surface area contributed by atoms with Crippen LogP contribution in [0.15, 0.2) is 0 Å². The summed E-state index contributed by atoms with van der Waals surface area (Å²) in [6, 6.07) is 0.391. The van der Waals surface area contributed by atoms with Crippen LogP contribution in [0, 0.1) is 5.41 Å². The highest BCUT2D eigenvalue weighted by molar-refractivity contribution is 6.05. The molecule has 2 amide bonds. The van der Waals surface area contributed by atoms with Crippen molar-refractivity contribution in [3.63, 3.8) is 0 Å². The molecule has 0 aromatic heterocycles. The molecule has 1 spiro atoms. The Hall–Kier alpha value is -0.900. The van der Waals surface area contributed by atoms with Gasteiger partial charge in [-0.2, -0.15) is 0 Å². The maximum atomic E-state index is 12.0. The third-order valence-electron chi connectivity index (χ3n) is 4.00. The number of carbonyl (C=O) groups is 2. The van der Waals surface area contributed by atoms with Gasteiger partial charge >= 0.3 is 0 Å². The first-order valence-electron chi connectivity index (χ1n) is 5.47. The number of rotatable bonds is 0. The second kappa shape index (κ2) is 3.30. The fourth-order valence-electron chi connectivity index (χ4n) is 2.74. The summed E-state index contributed by atoms with van der Waals surface area (Å²) < 4.78 is 0. The van der Waals surface area contributed by atoms with Crippen LogP contribution in [0.4, 0.5) is 0 Å². The monoisotopic (exact) mass is 210 g/mol. The van der Waals surface area contributed by atoms with E-state index < -0.39 is 0 Å².